The van der Waals surface area contributed by atoms with Crippen molar-refractivity contribution < 1.29 is 17.9 Å². The molecule has 0 aliphatic carbocycles. The Hall–Kier alpha value is -1.44. The molecule has 0 aromatic heterocycles. The van der Waals surface area contributed by atoms with Crippen LogP contribution in [0.25, 0.3) is 0 Å². The molecule has 2 rings (SSSR count). The number of carbonyl (C=O) groups is 1. The predicted octanol–water partition coefficient (Wildman–Crippen LogP) is 0.519. The minimum absolute atomic E-state index is 0.0276. The normalized spacial score (nSPS) is 18.9. The number of nitrogens with one attached hydrogen (secondary N) is 1. The molecule has 1 aliphatic rings. The number of ether oxygens (including phenoxy) is 1. The highest BCUT2D eigenvalue weighted by molar-refractivity contribution is 7.89. The van der Waals surface area contributed by atoms with E-state index in [9.17, 15) is 13.2 Å². The van der Waals surface area contributed by atoms with Gasteiger partial charge in [-0.2, -0.15) is 0 Å². The Balaban J connectivity index is 1.83. The van der Waals surface area contributed by atoms with Gasteiger partial charge in [-0.25, -0.2) is 13.6 Å². The van der Waals surface area contributed by atoms with Gasteiger partial charge in [0.1, 0.15) is 0 Å². The van der Waals surface area contributed by atoms with E-state index < -0.39 is 10.0 Å². The van der Waals surface area contributed by atoms with Crippen LogP contribution in [0.15, 0.2) is 29.2 Å². The lowest BCUT2D eigenvalue weighted by molar-refractivity contribution is -0.123. The fraction of sp³-hybridized carbons (Fsp3) is 0.462. The fourth-order valence-corrected chi connectivity index (χ4v) is 2.60. The maximum Gasteiger partial charge on any atom is 0.238 e. The van der Waals surface area contributed by atoms with Gasteiger partial charge in [-0.05, 0) is 30.5 Å². The number of hydrogen-bond acceptors (Lipinski definition) is 4. The zero-order valence-electron chi connectivity index (χ0n) is 11.0. The summed E-state index contributed by atoms with van der Waals surface area (Å²) in [6.45, 7) is 1.09. The molecule has 1 saturated heterocycles. The van der Waals surface area contributed by atoms with Crippen LogP contribution in [0.4, 0.5) is 0 Å². The van der Waals surface area contributed by atoms with Crippen molar-refractivity contribution in [1.29, 1.82) is 0 Å². The molecular weight excluding hydrogens is 280 g/mol. The first-order valence-electron chi connectivity index (χ1n) is 6.45. The first-order valence-corrected chi connectivity index (χ1v) is 8.00. The summed E-state index contributed by atoms with van der Waals surface area (Å²) in [4.78, 5) is 11.8. The van der Waals surface area contributed by atoms with Crippen LogP contribution in [-0.4, -0.2) is 27.0 Å². The number of rotatable bonds is 5. The second kappa shape index (κ2) is 6.34. The van der Waals surface area contributed by atoms with Crippen molar-refractivity contribution in [2.24, 2.45) is 5.14 Å². The highest BCUT2D eigenvalue weighted by atomic mass is 32.2. The third-order valence-electron chi connectivity index (χ3n) is 3.18. The molecule has 0 spiro atoms. The average molecular weight is 298 g/mol. The van der Waals surface area contributed by atoms with Crippen LogP contribution >= 0.6 is 0 Å². The predicted molar refractivity (Wildman–Crippen MR) is 73.3 cm³/mol. The second-order valence-corrected chi connectivity index (χ2v) is 6.37. The van der Waals surface area contributed by atoms with Crippen LogP contribution in [0.2, 0.25) is 0 Å². The number of benzene rings is 1. The van der Waals surface area contributed by atoms with E-state index in [-0.39, 0.29) is 16.9 Å². The Kier molecular flexibility index (Phi) is 4.74. The summed E-state index contributed by atoms with van der Waals surface area (Å²) >= 11 is 0. The number of amides is 1. The molecule has 1 heterocycles. The van der Waals surface area contributed by atoms with Gasteiger partial charge in [0.15, 0.2) is 0 Å². The Bertz CT molecular complexity index is 563. The van der Waals surface area contributed by atoms with E-state index in [1.807, 2.05) is 0 Å². The van der Waals surface area contributed by atoms with Gasteiger partial charge in [0.25, 0.3) is 0 Å². The number of sulfonamides is 1. The van der Waals surface area contributed by atoms with Crippen LogP contribution < -0.4 is 10.5 Å². The van der Waals surface area contributed by atoms with Crippen molar-refractivity contribution in [3.8, 4) is 0 Å². The van der Waals surface area contributed by atoms with E-state index in [1.165, 1.54) is 12.1 Å². The van der Waals surface area contributed by atoms with E-state index in [0.717, 1.165) is 25.0 Å². The summed E-state index contributed by atoms with van der Waals surface area (Å²) in [5.74, 6) is -0.0626. The fourth-order valence-electron chi connectivity index (χ4n) is 2.08. The van der Waals surface area contributed by atoms with Crippen LogP contribution in [0.3, 0.4) is 0 Å². The lowest BCUT2D eigenvalue weighted by Gasteiger charge is -2.10. The summed E-state index contributed by atoms with van der Waals surface area (Å²) in [6.07, 6.45) is 2.33. The molecule has 1 aromatic carbocycles. The average Bonchev–Trinajstić information content (AvgIpc) is 2.88. The molecule has 110 valence electrons. The van der Waals surface area contributed by atoms with Crippen molar-refractivity contribution in [2.45, 2.75) is 36.8 Å². The van der Waals surface area contributed by atoms with Crippen molar-refractivity contribution in [3.05, 3.63) is 29.8 Å². The van der Waals surface area contributed by atoms with E-state index >= 15 is 0 Å². The smallest absolute Gasteiger partial charge is 0.238 e. The Labute approximate surface area is 118 Å². The lowest BCUT2D eigenvalue weighted by Crippen LogP contribution is -2.26. The zero-order chi connectivity index (χ0) is 14.6. The molecule has 7 heteroatoms. The van der Waals surface area contributed by atoms with E-state index in [0.29, 0.717) is 13.0 Å². The standard InChI is InChI=1S/C13H18N2O4S/c14-20(17,18)12-5-3-10(4-6-12)9-15-13(16)8-11-2-1-7-19-11/h3-6,11H,1-2,7-9H2,(H,15,16)(H2,14,17,18). The van der Waals surface area contributed by atoms with Crippen molar-refractivity contribution in [1.82, 2.24) is 5.32 Å². The molecule has 3 N–H and O–H groups in total. The quantitative estimate of drug-likeness (QED) is 0.828. The maximum atomic E-state index is 11.7. The molecule has 1 fully saturated rings. The summed E-state index contributed by atoms with van der Waals surface area (Å²) in [5, 5.41) is 7.79. The molecule has 1 atom stereocenters. The minimum atomic E-state index is -3.67. The topological polar surface area (TPSA) is 98.5 Å². The summed E-state index contributed by atoms with van der Waals surface area (Å²) in [6, 6.07) is 6.12. The van der Waals surface area contributed by atoms with Gasteiger partial charge in [0.2, 0.25) is 15.9 Å². The molecule has 1 aromatic rings. The van der Waals surface area contributed by atoms with Gasteiger partial charge in [-0.3, -0.25) is 4.79 Å². The highest BCUT2D eigenvalue weighted by Crippen LogP contribution is 2.15. The van der Waals surface area contributed by atoms with Gasteiger partial charge in [-0.1, -0.05) is 12.1 Å². The molecule has 20 heavy (non-hydrogen) atoms. The van der Waals surface area contributed by atoms with Gasteiger partial charge < -0.3 is 10.1 Å². The molecule has 0 saturated carbocycles. The van der Waals surface area contributed by atoms with Crippen molar-refractivity contribution >= 4 is 15.9 Å². The molecule has 1 amide bonds. The number of carbonyl (C=O) groups excluding carboxylic acids is 1. The lowest BCUT2D eigenvalue weighted by atomic mass is 10.1. The van der Waals surface area contributed by atoms with Gasteiger partial charge in [-0.15, -0.1) is 0 Å². The molecule has 0 bridgehead atoms. The third-order valence-corrected chi connectivity index (χ3v) is 4.11. The number of hydrogen-bond donors (Lipinski definition) is 2. The summed E-state index contributed by atoms with van der Waals surface area (Å²) in [5.41, 5.74) is 0.818. The molecule has 6 nitrogen and oxygen atoms in total. The maximum absolute atomic E-state index is 11.7. The Morgan fingerprint density at radius 3 is 2.60 bits per heavy atom. The van der Waals surface area contributed by atoms with Gasteiger partial charge in [0, 0.05) is 13.2 Å². The van der Waals surface area contributed by atoms with Crippen LogP contribution in [0.5, 0.6) is 0 Å². The van der Waals surface area contributed by atoms with E-state index in [1.54, 1.807) is 12.1 Å². The third kappa shape index (κ3) is 4.29. The molecule has 1 aliphatic heterocycles. The van der Waals surface area contributed by atoms with Gasteiger partial charge in [0.05, 0.1) is 17.4 Å². The Morgan fingerprint density at radius 2 is 2.05 bits per heavy atom. The largest absolute Gasteiger partial charge is 0.378 e. The highest BCUT2D eigenvalue weighted by Gasteiger charge is 2.18. The van der Waals surface area contributed by atoms with Crippen molar-refractivity contribution in [3.63, 3.8) is 0 Å². The summed E-state index contributed by atoms with van der Waals surface area (Å²) in [7, 11) is -3.67. The number of nitrogens with two attached hydrogens (primary N) is 1. The van der Waals surface area contributed by atoms with Crippen molar-refractivity contribution in [2.75, 3.05) is 6.61 Å². The molecule has 0 radical (unpaired) electrons. The number of primary sulfonamides is 1. The van der Waals surface area contributed by atoms with E-state index in [2.05, 4.69) is 5.32 Å². The van der Waals surface area contributed by atoms with Crippen LogP contribution in [-0.2, 0) is 26.1 Å². The second-order valence-electron chi connectivity index (χ2n) is 4.80. The minimum Gasteiger partial charge on any atom is -0.378 e. The van der Waals surface area contributed by atoms with Crippen LogP contribution in [0.1, 0.15) is 24.8 Å². The monoisotopic (exact) mass is 298 g/mol. The zero-order valence-corrected chi connectivity index (χ0v) is 11.9. The molecule has 1 unspecified atom stereocenters. The van der Waals surface area contributed by atoms with E-state index in [4.69, 9.17) is 9.88 Å². The van der Waals surface area contributed by atoms with Crippen LogP contribution in [0, 0.1) is 0 Å². The first-order chi connectivity index (χ1) is 9.45. The van der Waals surface area contributed by atoms with Gasteiger partial charge >= 0.3 is 0 Å². The SMILES string of the molecule is NS(=O)(=O)c1ccc(CNC(=O)CC2CCCO2)cc1. The Morgan fingerprint density at radius 1 is 1.35 bits per heavy atom. The molecular formula is C13H18N2O4S. The first kappa shape index (κ1) is 15.0. The summed E-state index contributed by atoms with van der Waals surface area (Å²) < 4.78 is 27.6.